The van der Waals surface area contributed by atoms with Gasteiger partial charge in [-0.3, -0.25) is 10.2 Å². The van der Waals surface area contributed by atoms with Gasteiger partial charge in [-0.25, -0.2) is 5.01 Å². The van der Waals surface area contributed by atoms with Crippen molar-refractivity contribution in [1.82, 2.24) is 10.4 Å². The summed E-state index contributed by atoms with van der Waals surface area (Å²) in [6.07, 6.45) is 3.52. The van der Waals surface area contributed by atoms with Crippen LogP contribution in [0, 0.1) is 6.92 Å². The van der Waals surface area contributed by atoms with E-state index in [1.165, 1.54) is 6.42 Å². The molecule has 0 radical (unpaired) electrons. The Morgan fingerprint density at radius 3 is 2.52 bits per heavy atom. The van der Waals surface area contributed by atoms with Gasteiger partial charge in [0, 0.05) is 29.9 Å². The van der Waals surface area contributed by atoms with Crippen LogP contribution in [0.2, 0.25) is 0 Å². The minimum atomic E-state index is -0.00357. The maximum atomic E-state index is 12.5. The molecule has 4 heteroatoms. The van der Waals surface area contributed by atoms with E-state index in [0.717, 1.165) is 36.2 Å². The van der Waals surface area contributed by atoms with Crippen LogP contribution >= 0.6 is 0 Å². The Morgan fingerprint density at radius 2 is 1.95 bits per heavy atom. The summed E-state index contributed by atoms with van der Waals surface area (Å²) in [4.78, 5) is 12.5. The minimum absolute atomic E-state index is 0.00357. The standard InChI is InChI=1S/C17H27N3O/c1-5-18-15-9-10-16(12(2)11-15)17(21)19-20-13(3)7-6-8-14(20)4/h9-11,13-14,18H,5-8H2,1-4H3,(H,19,21). The van der Waals surface area contributed by atoms with Gasteiger partial charge in [-0.2, -0.15) is 0 Å². The average molecular weight is 289 g/mol. The highest BCUT2D eigenvalue weighted by atomic mass is 16.2. The predicted octanol–water partition coefficient (Wildman–Crippen LogP) is 3.33. The molecule has 2 atom stereocenters. The predicted molar refractivity (Wildman–Crippen MR) is 87.4 cm³/mol. The number of hydrazine groups is 1. The third-order valence-electron chi connectivity index (χ3n) is 4.28. The summed E-state index contributed by atoms with van der Waals surface area (Å²) in [5, 5.41) is 5.38. The lowest BCUT2D eigenvalue weighted by Gasteiger charge is -2.38. The first kappa shape index (κ1) is 15.8. The van der Waals surface area contributed by atoms with Gasteiger partial charge in [0.2, 0.25) is 0 Å². The van der Waals surface area contributed by atoms with Gasteiger partial charge >= 0.3 is 0 Å². The van der Waals surface area contributed by atoms with E-state index in [9.17, 15) is 4.79 Å². The van der Waals surface area contributed by atoms with Crippen molar-refractivity contribution in [3.05, 3.63) is 29.3 Å². The minimum Gasteiger partial charge on any atom is -0.385 e. The molecule has 0 aliphatic carbocycles. The molecule has 2 rings (SSSR count). The summed E-state index contributed by atoms with van der Waals surface area (Å²) in [7, 11) is 0. The van der Waals surface area contributed by atoms with Gasteiger partial charge in [0.15, 0.2) is 0 Å². The molecule has 0 aromatic heterocycles. The zero-order chi connectivity index (χ0) is 15.4. The fraction of sp³-hybridized carbons (Fsp3) is 0.588. The molecule has 116 valence electrons. The molecule has 0 bridgehead atoms. The number of nitrogens with one attached hydrogen (secondary N) is 2. The van der Waals surface area contributed by atoms with Crippen LogP contribution < -0.4 is 10.7 Å². The quantitative estimate of drug-likeness (QED) is 0.893. The lowest BCUT2D eigenvalue weighted by atomic mass is 9.99. The molecule has 1 heterocycles. The Labute approximate surface area is 127 Å². The lowest BCUT2D eigenvalue weighted by molar-refractivity contribution is 0.0369. The topological polar surface area (TPSA) is 44.4 Å². The van der Waals surface area contributed by atoms with Gasteiger partial charge in [-0.05, 0) is 64.3 Å². The van der Waals surface area contributed by atoms with E-state index in [4.69, 9.17) is 0 Å². The number of amides is 1. The van der Waals surface area contributed by atoms with Crippen molar-refractivity contribution < 1.29 is 4.79 Å². The van der Waals surface area contributed by atoms with Crippen molar-refractivity contribution in [2.24, 2.45) is 0 Å². The van der Waals surface area contributed by atoms with Crippen LogP contribution in [0.5, 0.6) is 0 Å². The van der Waals surface area contributed by atoms with Gasteiger partial charge in [0.25, 0.3) is 5.91 Å². The molecular formula is C17H27N3O. The van der Waals surface area contributed by atoms with Gasteiger partial charge in [0.05, 0.1) is 0 Å². The fourth-order valence-electron chi connectivity index (χ4n) is 3.05. The van der Waals surface area contributed by atoms with E-state index in [2.05, 4.69) is 36.5 Å². The molecule has 2 N–H and O–H groups in total. The molecule has 1 aliphatic heterocycles. The van der Waals surface area contributed by atoms with Crippen LogP contribution in [-0.4, -0.2) is 29.5 Å². The molecule has 0 saturated carbocycles. The highest BCUT2D eigenvalue weighted by Crippen LogP contribution is 2.21. The van der Waals surface area contributed by atoms with Crippen LogP contribution in [0.25, 0.3) is 0 Å². The van der Waals surface area contributed by atoms with Crippen LogP contribution in [0.3, 0.4) is 0 Å². The van der Waals surface area contributed by atoms with E-state index in [1.807, 2.05) is 25.1 Å². The third-order valence-corrected chi connectivity index (χ3v) is 4.28. The summed E-state index contributed by atoms with van der Waals surface area (Å²) in [6, 6.07) is 6.70. The number of rotatable bonds is 4. The normalized spacial score (nSPS) is 22.9. The summed E-state index contributed by atoms with van der Waals surface area (Å²) < 4.78 is 0. The highest BCUT2D eigenvalue weighted by molar-refractivity contribution is 5.95. The second-order valence-electron chi connectivity index (χ2n) is 6.04. The number of carbonyl (C=O) groups excluding carboxylic acids is 1. The molecular weight excluding hydrogens is 262 g/mol. The molecule has 1 fully saturated rings. The van der Waals surface area contributed by atoms with E-state index < -0.39 is 0 Å². The number of aryl methyl sites for hydroxylation is 1. The first-order chi connectivity index (χ1) is 10.0. The van der Waals surface area contributed by atoms with Crippen LogP contribution in [0.4, 0.5) is 5.69 Å². The molecule has 0 spiro atoms. The van der Waals surface area contributed by atoms with Crippen LogP contribution in [0.1, 0.15) is 56.0 Å². The van der Waals surface area contributed by atoms with Crippen molar-refractivity contribution in [3.63, 3.8) is 0 Å². The number of carbonyl (C=O) groups is 1. The molecule has 1 aromatic carbocycles. The van der Waals surface area contributed by atoms with Crippen molar-refractivity contribution >= 4 is 11.6 Å². The first-order valence-electron chi connectivity index (χ1n) is 7.96. The Kier molecular flexibility index (Phi) is 5.23. The number of piperidine rings is 1. The van der Waals surface area contributed by atoms with E-state index in [0.29, 0.717) is 12.1 Å². The zero-order valence-corrected chi connectivity index (χ0v) is 13.6. The summed E-state index contributed by atoms with van der Waals surface area (Å²) >= 11 is 0. The van der Waals surface area contributed by atoms with Crippen molar-refractivity contribution in [3.8, 4) is 0 Å². The van der Waals surface area contributed by atoms with E-state index >= 15 is 0 Å². The number of hydrogen-bond donors (Lipinski definition) is 2. The van der Waals surface area contributed by atoms with Crippen molar-refractivity contribution in [1.29, 1.82) is 0 Å². The zero-order valence-electron chi connectivity index (χ0n) is 13.6. The highest BCUT2D eigenvalue weighted by Gasteiger charge is 2.26. The first-order valence-corrected chi connectivity index (χ1v) is 7.96. The number of anilines is 1. The summed E-state index contributed by atoms with van der Waals surface area (Å²) in [5.74, 6) is -0.00357. The second kappa shape index (κ2) is 6.94. The Balaban J connectivity index is 2.09. The SMILES string of the molecule is CCNc1ccc(C(=O)NN2C(C)CCCC2C)c(C)c1. The van der Waals surface area contributed by atoms with Crippen molar-refractivity contribution in [2.75, 3.05) is 11.9 Å². The van der Waals surface area contributed by atoms with Crippen LogP contribution in [-0.2, 0) is 0 Å². The van der Waals surface area contributed by atoms with E-state index in [1.54, 1.807) is 0 Å². The Morgan fingerprint density at radius 1 is 1.29 bits per heavy atom. The maximum Gasteiger partial charge on any atom is 0.265 e. The van der Waals surface area contributed by atoms with Gasteiger partial charge < -0.3 is 5.32 Å². The van der Waals surface area contributed by atoms with Gasteiger partial charge in [0.1, 0.15) is 0 Å². The Hall–Kier alpha value is -1.55. The third kappa shape index (κ3) is 3.76. The van der Waals surface area contributed by atoms with Crippen molar-refractivity contribution in [2.45, 2.75) is 59.0 Å². The fourth-order valence-corrected chi connectivity index (χ4v) is 3.05. The lowest BCUT2D eigenvalue weighted by Crippen LogP contribution is -2.54. The largest absolute Gasteiger partial charge is 0.385 e. The van der Waals surface area contributed by atoms with Gasteiger partial charge in [-0.1, -0.05) is 6.42 Å². The molecule has 2 unspecified atom stereocenters. The maximum absolute atomic E-state index is 12.5. The number of hydrogen-bond acceptors (Lipinski definition) is 3. The molecule has 1 amide bonds. The monoisotopic (exact) mass is 289 g/mol. The second-order valence-corrected chi connectivity index (χ2v) is 6.04. The Bertz CT molecular complexity index is 491. The summed E-state index contributed by atoms with van der Waals surface area (Å²) in [6.45, 7) is 9.29. The van der Waals surface area contributed by atoms with Crippen LogP contribution in [0.15, 0.2) is 18.2 Å². The number of nitrogens with zero attached hydrogens (tertiary/aromatic N) is 1. The molecule has 4 nitrogen and oxygen atoms in total. The van der Waals surface area contributed by atoms with E-state index in [-0.39, 0.29) is 5.91 Å². The molecule has 1 aromatic rings. The van der Waals surface area contributed by atoms with Gasteiger partial charge in [-0.15, -0.1) is 0 Å². The average Bonchev–Trinajstić information content (AvgIpc) is 2.43. The molecule has 1 saturated heterocycles. The molecule has 1 aliphatic rings. The molecule has 21 heavy (non-hydrogen) atoms. The smallest absolute Gasteiger partial charge is 0.265 e. The summed E-state index contributed by atoms with van der Waals surface area (Å²) in [5.41, 5.74) is 5.92. The number of benzene rings is 1.